The van der Waals surface area contributed by atoms with E-state index in [2.05, 4.69) is 20.6 Å². The Morgan fingerprint density at radius 3 is 2.41 bits per heavy atom. The van der Waals surface area contributed by atoms with Crippen molar-refractivity contribution in [3.05, 3.63) is 89.6 Å². The summed E-state index contributed by atoms with van der Waals surface area (Å²) in [4.78, 5) is 33.2. The van der Waals surface area contributed by atoms with Gasteiger partial charge in [0.1, 0.15) is 0 Å². The molecule has 0 radical (unpaired) electrons. The Bertz CT molecular complexity index is 1420. The fraction of sp³-hybridized carbons (Fsp3) is 0.154. The third-order valence-electron chi connectivity index (χ3n) is 5.57. The number of aromatic nitrogens is 2. The quantitative estimate of drug-likeness (QED) is 0.314. The van der Waals surface area contributed by atoms with E-state index in [1.807, 2.05) is 36.4 Å². The second kappa shape index (κ2) is 10.5. The molecule has 3 N–H and O–H groups in total. The Labute approximate surface area is 214 Å². The standard InChI is InChI=1S/C26H21F3N4O3S/c1-25(36,26(27,28)29)20-7-3-6-19(13-20)23(35)31-14-22(34)33-24-32-21(15-37-24)18-5-2-4-17(12-18)16-8-10-30-11-9-16/h2-13,15,36H,14H2,1H3,(H,31,35)(H,32,33,34). The first-order valence-corrected chi connectivity index (χ1v) is 11.9. The highest BCUT2D eigenvalue weighted by molar-refractivity contribution is 7.14. The first-order chi connectivity index (χ1) is 17.5. The zero-order valence-electron chi connectivity index (χ0n) is 19.4. The van der Waals surface area contributed by atoms with E-state index >= 15 is 0 Å². The van der Waals surface area contributed by atoms with Gasteiger partial charge in [-0.05, 0) is 53.9 Å². The molecule has 2 aromatic heterocycles. The van der Waals surface area contributed by atoms with Crippen LogP contribution in [0.2, 0.25) is 0 Å². The van der Waals surface area contributed by atoms with Crippen molar-refractivity contribution in [2.75, 3.05) is 11.9 Å². The van der Waals surface area contributed by atoms with Crippen LogP contribution in [-0.2, 0) is 10.4 Å². The van der Waals surface area contributed by atoms with Crippen LogP contribution in [0.3, 0.4) is 0 Å². The van der Waals surface area contributed by atoms with Gasteiger partial charge in [-0.1, -0.05) is 30.3 Å². The first-order valence-electron chi connectivity index (χ1n) is 11.0. The SMILES string of the molecule is CC(O)(c1cccc(C(=O)NCC(=O)Nc2nc(-c3cccc(-c4ccncc4)c3)cs2)c1)C(F)(F)F. The van der Waals surface area contributed by atoms with Crippen LogP contribution < -0.4 is 10.6 Å². The number of halogens is 3. The van der Waals surface area contributed by atoms with E-state index in [9.17, 15) is 27.9 Å². The Morgan fingerprint density at radius 2 is 1.68 bits per heavy atom. The first kappa shape index (κ1) is 26.0. The van der Waals surface area contributed by atoms with Crippen LogP contribution in [0.25, 0.3) is 22.4 Å². The lowest BCUT2D eigenvalue weighted by Crippen LogP contribution is -2.39. The molecule has 2 heterocycles. The molecule has 190 valence electrons. The maximum atomic E-state index is 13.1. The summed E-state index contributed by atoms with van der Waals surface area (Å²) in [6, 6.07) is 16.1. The van der Waals surface area contributed by atoms with Crippen LogP contribution >= 0.6 is 11.3 Å². The lowest BCUT2D eigenvalue weighted by molar-refractivity contribution is -0.258. The molecule has 2 aromatic carbocycles. The number of thiazole rings is 1. The fourth-order valence-corrected chi connectivity index (χ4v) is 4.16. The number of hydrogen-bond donors (Lipinski definition) is 3. The average molecular weight is 527 g/mol. The minimum Gasteiger partial charge on any atom is -0.376 e. The van der Waals surface area contributed by atoms with Crippen molar-refractivity contribution < 1.29 is 27.9 Å². The van der Waals surface area contributed by atoms with Crippen LogP contribution in [-0.4, -0.2) is 39.6 Å². The highest BCUT2D eigenvalue weighted by atomic mass is 32.1. The van der Waals surface area contributed by atoms with E-state index in [1.54, 1.807) is 17.8 Å². The molecule has 0 fully saturated rings. The molecule has 2 amide bonds. The molecule has 37 heavy (non-hydrogen) atoms. The second-order valence-electron chi connectivity index (χ2n) is 8.24. The van der Waals surface area contributed by atoms with Gasteiger partial charge in [-0.2, -0.15) is 13.2 Å². The third-order valence-corrected chi connectivity index (χ3v) is 6.33. The number of benzene rings is 2. The van der Waals surface area contributed by atoms with Crippen molar-refractivity contribution in [1.29, 1.82) is 0 Å². The van der Waals surface area contributed by atoms with Crippen molar-refractivity contribution >= 4 is 28.3 Å². The number of nitrogens with zero attached hydrogens (tertiary/aromatic N) is 2. The molecule has 0 saturated heterocycles. The minimum atomic E-state index is -4.92. The van der Waals surface area contributed by atoms with Crippen molar-refractivity contribution in [3.63, 3.8) is 0 Å². The smallest absolute Gasteiger partial charge is 0.376 e. The average Bonchev–Trinajstić information content (AvgIpc) is 3.35. The van der Waals surface area contributed by atoms with Gasteiger partial charge >= 0.3 is 6.18 Å². The monoisotopic (exact) mass is 526 g/mol. The number of anilines is 1. The summed E-state index contributed by atoms with van der Waals surface area (Å²) in [5, 5.41) is 16.9. The number of hydrogen-bond acceptors (Lipinski definition) is 6. The van der Waals surface area contributed by atoms with Gasteiger partial charge in [-0.25, -0.2) is 4.98 Å². The maximum Gasteiger partial charge on any atom is 0.421 e. The van der Waals surface area contributed by atoms with Crippen molar-refractivity contribution in [2.24, 2.45) is 0 Å². The molecule has 0 aliphatic rings. The lowest BCUT2D eigenvalue weighted by Gasteiger charge is -2.26. The Hall–Kier alpha value is -4.09. The van der Waals surface area contributed by atoms with E-state index in [4.69, 9.17) is 0 Å². The molecule has 1 unspecified atom stereocenters. The Morgan fingerprint density at radius 1 is 0.973 bits per heavy atom. The molecule has 0 aliphatic carbocycles. The summed E-state index contributed by atoms with van der Waals surface area (Å²) in [5.41, 5.74) is -0.226. The number of carbonyl (C=O) groups is 2. The zero-order valence-corrected chi connectivity index (χ0v) is 20.2. The highest BCUT2D eigenvalue weighted by Crippen LogP contribution is 2.38. The van der Waals surface area contributed by atoms with E-state index in [0.29, 0.717) is 17.7 Å². The van der Waals surface area contributed by atoms with E-state index in [0.717, 1.165) is 28.8 Å². The van der Waals surface area contributed by atoms with Crippen LogP contribution in [0.15, 0.2) is 78.4 Å². The Kier molecular flexibility index (Phi) is 7.37. The van der Waals surface area contributed by atoms with Gasteiger partial charge in [0.05, 0.1) is 12.2 Å². The van der Waals surface area contributed by atoms with Crippen LogP contribution in [0.5, 0.6) is 0 Å². The fourth-order valence-electron chi connectivity index (χ4n) is 3.42. The molecule has 0 bridgehead atoms. The largest absolute Gasteiger partial charge is 0.421 e. The summed E-state index contributed by atoms with van der Waals surface area (Å²) >= 11 is 1.21. The maximum absolute atomic E-state index is 13.1. The topological polar surface area (TPSA) is 104 Å². The number of nitrogens with one attached hydrogen (secondary N) is 2. The van der Waals surface area contributed by atoms with Gasteiger partial charge < -0.3 is 15.7 Å². The van der Waals surface area contributed by atoms with Crippen LogP contribution in [0.4, 0.5) is 18.3 Å². The molecule has 0 saturated carbocycles. The molecule has 0 spiro atoms. The lowest BCUT2D eigenvalue weighted by atomic mass is 9.94. The third kappa shape index (κ3) is 6.01. The molecular formula is C26H21F3N4O3S. The van der Waals surface area contributed by atoms with E-state index < -0.39 is 35.7 Å². The number of amides is 2. The molecule has 11 heteroatoms. The van der Waals surface area contributed by atoms with Gasteiger partial charge in [0.25, 0.3) is 5.91 Å². The van der Waals surface area contributed by atoms with Crippen molar-refractivity contribution in [1.82, 2.24) is 15.3 Å². The summed E-state index contributed by atoms with van der Waals surface area (Å²) in [5.74, 6) is -1.32. The van der Waals surface area contributed by atoms with Gasteiger partial charge in [0, 0.05) is 28.9 Å². The van der Waals surface area contributed by atoms with Gasteiger partial charge in [-0.3, -0.25) is 14.6 Å². The predicted molar refractivity (Wildman–Crippen MR) is 134 cm³/mol. The normalized spacial score (nSPS) is 13.0. The van der Waals surface area contributed by atoms with Crippen LogP contribution in [0.1, 0.15) is 22.8 Å². The number of carbonyl (C=O) groups excluding carboxylic acids is 2. The number of aliphatic hydroxyl groups is 1. The minimum absolute atomic E-state index is 0.125. The Balaban J connectivity index is 1.37. The van der Waals surface area contributed by atoms with Gasteiger partial charge in [0.15, 0.2) is 10.7 Å². The molecule has 7 nitrogen and oxygen atoms in total. The molecule has 4 rings (SSSR count). The van der Waals surface area contributed by atoms with Gasteiger partial charge in [0.2, 0.25) is 5.91 Å². The van der Waals surface area contributed by atoms with Crippen LogP contribution in [0, 0.1) is 0 Å². The molecule has 4 aromatic rings. The summed E-state index contributed by atoms with van der Waals surface area (Å²) in [6.07, 6.45) is -1.50. The number of rotatable bonds is 7. The summed E-state index contributed by atoms with van der Waals surface area (Å²) < 4.78 is 39.3. The predicted octanol–water partition coefficient (Wildman–Crippen LogP) is 5.01. The molecule has 1 atom stereocenters. The number of alkyl halides is 3. The highest BCUT2D eigenvalue weighted by Gasteiger charge is 2.51. The van der Waals surface area contributed by atoms with Crippen molar-refractivity contribution in [3.8, 4) is 22.4 Å². The zero-order chi connectivity index (χ0) is 26.6. The van der Waals surface area contributed by atoms with Crippen molar-refractivity contribution in [2.45, 2.75) is 18.7 Å². The number of pyridine rings is 1. The summed E-state index contributed by atoms with van der Waals surface area (Å²) in [6.45, 7) is 0.181. The molecular weight excluding hydrogens is 505 g/mol. The van der Waals surface area contributed by atoms with E-state index in [1.165, 1.54) is 23.5 Å². The van der Waals surface area contributed by atoms with Gasteiger partial charge in [-0.15, -0.1) is 11.3 Å². The van der Waals surface area contributed by atoms with E-state index in [-0.39, 0.29) is 5.56 Å². The molecule has 0 aliphatic heterocycles. The summed E-state index contributed by atoms with van der Waals surface area (Å²) in [7, 11) is 0. The second-order valence-corrected chi connectivity index (χ2v) is 9.09.